The Balaban J connectivity index is 1.58. The van der Waals surface area contributed by atoms with E-state index in [-0.39, 0.29) is 18.3 Å². The number of ether oxygens (including phenoxy) is 1. The number of fused-ring (bicyclic) bond motifs is 1. The van der Waals surface area contributed by atoms with E-state index in [2.05, 4.69) is 15.4 Å². The third-order valence-corrected chi connectivity index (χ3v) is 5.77. The molecule has 0 spiro atoms. The summed E-state index contributed by atoms with van der Waals surface area (Å²) in [5.74, 6) is 0.176. The molecule has 0 bridgehead atoms. The maximum atomic E-state index is 12.9. The topological polar surface area (TPSA) is 89.3 Å². The summed E-state index contributed by atoms with van der Waals surface area (Å²) >= 11 is 0. The molecule has 0 saturated heterocycles. The van der Waals surface area contributed by atoms with Gasteiger partial charge in [0.25, 0.3) is 12.3 Å². The zero-order chi connectivity index (χ0) is 22.0. The lowest BCUT2D eigenvalue weighted by molar-refractivity contribution is 0.101. The minimum absolute atomic E-state index is 0.101. The number of nitrogens with one attached hydrogen (secondary N) is 1. The molecule has 1 saturated carbocycles. The molecule has 0 aliphatic heterocycles. The van der Waals surface area contributed by atoms with Gasteiger partial charge in [-0.1, -0.05) is 6.07 Å². The predicted octanol–water partition coefficient (Wildman–Crippen LogP) is 4.35. The molecular formula is C22H24F2N4O3. The first-order valence-electron chi connectivity index (χ1n) is 10.2. The van der Waals surface area contributed by atoms with Crippen molar-refractivity contribution in [2.24, 2.45) is 5.92 Å². The first-order chi connectivity index (χ1) is 15.0. The number of hydrogen-bond acceptors (Lipinski definition) is 5. The van der Waals surface area contributed by atoms with Crippen LogP contribution in [-0.2, 0) is 0 Å². The summed E-state index contributed by atoms with van der Waals surface area (Å²) in [6, 6.07) is 7.69. The minimum atomic E-state index is -2.75. The standard InChI is InChI=1S/C22H24F2N4O3/c1-31-20-10-18-14(11-28(27-18)15-7-5-13(12-29)6-8-15)9-19(20)26-22(30)17-4-2-3-16(25-17)21(23)24/h2-4,9-11,13,15,21,29H,5-8,12H2,1H3,(H,26,30)/t13-,15-. The van der Waals surface area contributed by atoms with Crippen LogP contribution in [0.25, 0.3) is 10.9 Å². The Morgan fingerprint density at radius 3 is 2.74 bits per heavy atom. The van der Waals surface area contributed by atoms with Crippen molar-refractivity contribution in [3.63, 3.8) is 0 Å². The molecule has 3 aromatic rings. The van der Waals surface area contributed by atoms with Gasteiger partial charge in [-0.15, -0.1) is 0 Å². The largest absolute Gasteiger partial charge is 0.494 e. The van der Waals surface area contributed by atoms with E-state index in [0.29, 0.717) is 17.4 Å². The Hall–Kier alpha value is -3.07. The van der Waals surface area contributed by atoms with Gasteiger partial charge in [-0.3, -0.25) is 9.48 Å². The average Bonchev–Trinajstić information content (AvgIpc) is 3.21. The lowest BCUT2D eigenvalue weighted by atomic mass is 9.87. The number of aliphatic hydroxyl groups excluding tert-OH is 1. The molecule has 1 aromatic carbocycles. The van der Waals surface area contributed by atoms with Gasteiger partial charge >= 0.3 is 0 Å². The minimum Gasteiger partial charge on any atom is -0.494 e. The van der Waals surface area contributed by atoms with E-state index in [9.17, 15) is 18.7 Å². The van der Waals surface area contributed by atoms with Crippen LogP contribution in [0.15, 0.2) is 36.5 Å². The molecule has 4 rings (SSSR count). The summed E-state index contributed by atoms with van der Waals surface area (Å²) in [5.41, 5.74) is 0.591. The highest BCUT2D eigenvalue weighted by atomic mass is 19.3. The smallest absolute Gasteiger partial charge is 0.280 e. The first kappa shape index (κ1) is 21.2. The zero-order valence-electron chi connectivity index (χ0n) is 17.1. The van der Waals surface area contributed by atoms with Crippen LogP contribution in [-0.4, -0.2) is 39.5 Å². The number of alkyl halides is 2. The number of aromatic nitrogens is 3. The number of halogens is 2. The van der Waals surface area contributed by atoms with E-state index in [0.717, 1.165) is 36.6 Å². The summed E-state index contributed by atoms with van der Waals surface area (Å²) in [7, 11) is 1.49. The second kappa shape index (κ2) is 8.97. The fourth-order valence-corrected chi connectivity index (χ4v) is 4.00. The lowest BCUT2D eigenvalue weighted by Crippen LogP contribution is -2.20. The summed E-state index contributed by atoms with van der Waals surface area (Å²) < 4.78 is 33.1. The van der Waals surface area contributed by atoms with Crippen LogP contribution in [0.5, 0.6) is 5.75 Å². The number of methoxy groups -OCH3 is 1. The lowest BCUT2D eigenvalue weighted by Gasteiger charge is -2.27. The molecule has 2 heterocycles. The fraction of sp³-hybridized carbons (Fsp3) is 0.409. The number of nitrogens with zero attached hydrogens (tertiary/aromatic N) is 3. The van der Waals surface area contributed by atoms with Crippen LogP contribution in [0, 0.1) is 5.92 Å². The van der Waals surface area contributed by atoms with Gasteiger partial charge in [0.05, 0.1) is 24.4 Å². The Bertz CT molecular complexity index is 1080. The Morgan fingerprint density at radius 1 is 1.29 bits per heavy atom. The molecule has 0 unspecified atom stereocenters. The van der Waals surface area contributed by atoms with Crippen molar-refractivity contribution in [1.29, 1.82) is 0 Å². The van der Waals surface area contributed by atoms with Gasteiger partial charge in [-0.25, -0.2) is 13.8 Å². The van der Waals surface area contributed by atoms with E-state index in [1.54, 1.807) is 12.1 Å². The van der Waals surface area contributed by atoms with Crippen molar-refractivity contribution in [1.82, 2.24) is 14.8 Å². The third-order valence-electron chi connectivity index (χ3n) is 5.77. The van der Waals surface area contributed by atoms with Crippen LogP contribution in [0.4, 0.5) is 14.5 Å². The van der Waals surface area contributed by atoms with Crippen molar-refractivity contribution >= 4 is 22.5 Å². The SMILES string of the molecule is COc1cc2nn([C@H]3CC[C@H](CO)CC3)cc2cc1NC(=O)c1cccc(C(F)F)n1. The van der Waals surface area contributed by atoms with Gasteiger partial charge in [-0.05, 0) is 49.8 Å². The van der Waals surface area contributed by atoms with Gasteiger partial charge in [0.2, 0.25) is 0 Å². The Morgan fingerprint density at radius 2 is 2.06 bits per heavy atom. The molecule has 0 atom stereocenters. The van der Waals surface area contributed by atoms with Crippen LogP contribution in [0.3, 0.4) is 0 Å². The highest BCUT2D eigenvalue weighted by molar-refractivity contribution is 6.05. The third kappa shape index (κ3) is 4.51. The average molecular weight is 430 g/mol. The van der Waals surface area contributed by atoms with E-state index >= 15 is 0 Å². The summed E-state index contributed by atoms with van der Waals surface area (Å²) in [5, 5.41) is 17.5. The van der Waals surface area contributed by atoms with Crippen molar-refractivity contribution < 1.29 is 23.4 Å². The zero-order valence-corrected chi connectivity index (χ0v) is 17.1. The van der Waals surface area contributed by atoms with E-state index < -0.39 is 18.0 Å². The normalized spacial score (nSPS) is 19.0. The van der Waals surface area contributed by atoms with Gasteiger partial charge in [-0.2, -0.15) is 5.10 Å². The monoisotopic (exact) mass is 430 g/mol. The van der Waals surface area contributed by atoms with Crippen LogP contribution in [0.2, 0.25) is 0 Å². The molecule has 2 N–H and O–H groups in total. The van der Waals surface area contributed by atoms with Gasteiger partial charge in [0.1, 0.15) is 17.1 Å². The number of hydrogen-bond donors (Lipinski definition) is 2. The molecule has 1 aliphatic carbocycles. The summed E-state index contributed by atoms with van der Waals surface area (Å²) in [4.78, 5) is 16.3. The number of rotatable bonds is 6. The molecule has 0 radical (unpaired) electrons. The number of benzene rings is 1. The maximum absolute atomic E-state index is 12.9. The van der Waals surface area contributed by atoms with Gasteiger partial charge in [0, 0.05) is 24.3 Å². The van der Waals surface area contributed by atoms with Crippen molar-refractivity contribution in [3.05, 3.63) is 47.9 Å². The Kier molecular flexibility index (Phi) is 6.13. The second-order valence-corrected chi connectivity index (χ2v) is 7.78. The quantitative estimate of drug-likeness (QED) is 0.607. The number of amides is 1. The summed E-state index contributed by atoms with van der Waals surface area (Å²) in [6.07, 6.45) is 3.01. The number of carbonyl (C=O) groups excluding carboxylic acids is 1. The summed E-state index contributed by atoms with van der Waals surface area (Å²) in [6.45, 7) is 0.225. The van der Waals surface area contributed by atoms with Crippen LogP contribution < -0.4 is 10.1 Å². The first-order valence-corrected chi connectivity index (χ1v) is 10.2. The van der Waals surface area contributed by atoms with Crippen molar-refractivity contribution in [3.8, 4) is 5.75 Å². The van der Waals surface area contributed by atoms with Crippen LogP contribution >= 0.6 is 0 Å². The van der Waals surface area contributed by atoms with E-state index in [1.807, 2.05) is 10.9 Å². The molecule has 31 heavy (non-hydrogen) atoms. The molecule has 9 heteroatoms. The van der Waals surface area contributed by atoms with E-state index in [4.69, 9.17) is 4.74 Å². The van der Waals surface area contributed by atoms with E-state index in [1.165, 1.54) is 25.3 Å². The number of pyridine rings is 1. The fourth-order valence-electron chi connectivity index (χ4n) is 4.00. The highest BCUT2D eigenvalue weighted by Gasteiger charge is 2.23. The van der Waals surface area contributed by atoms with Gasteiger partial charge < -0.3 is 15.2 Å². The van der Waals surface area contributed by atoms with Crippen molar-refractivity contribution in [2.75, 3.05) is 19.0 Å². The number of carbonyl (C=O) groups is 1. The molecule has 1 aliphatic rings. The molecule has 2 aromatic heterocycles. The number of aliphatic hydroxyl groups is 1. The highest BCUT2D eigenvalue weighted by Crippen LogP contribution is 2.35. The Labute approximate surface area is 178 Å². The molecular weight excluding hydrogens is 406 g/mol. The predicted molar refractivity (Wildman–Crippen MR) is 112 cm³/mol. The molecule has 1 amide bonds. The second-order valence-electron chi connectivity index (χ2n) is 7.78. The molecule has 1 fully saturated rings. The maximum Gasteiger partial charge on any atom is 0.280 e. The number of anilines is 1. The van der Waals surface area contributed by atoms with Crippen LogP contribution in [0.1, 0.15) is 54.3 Å². The van der Waals surface area contributed by atoms with Gasteiger partial charge in [0.15, 0.2) is 0 Å². The van der Waals surface area contributed by atoms with Crippen molar-refractivity contribution in [2.45, 2.75) is 38.2 Å². The molecule has 164 valence electrons. The molecule has 7 nitrogen and oxygen atoms in total.